The fraction of sp³-hybridized carbons (Fsp3) is 0.607. The molecule has 40 heavy (non-hydrogen) atoms. The van der Waals surface area contributed by atoms with Gasteiger partial charge in [-0.25, -0.2) is 9.78 Å². The molecule has 3 fully saturated rings. The van der Waals surface area contributed by atoms with E-state index >= 15 is 0 Å². The Bertz CT molecular complexity index is 1240. The number of imidazole rings is 1. The lowest BCUT2D eigenvalue weighted by Gasteiger charge is -2.33. The Kier molecular flexibility index (Phi) is 7.27. The normalized spacial score (nSPS) is 23.8. The van der Waals surface area contributed by atoms with Gasteiger partial charge in [0.2, 0.25) is 5.91 Å². The van der Waals surface area contributed by atoms with Crippen molar-refractivity contribution in [2.45, 2.75) is 77.0 Å². The molecular weight excluding hydrogens is 515 g/mol. The number of nitrogens with zero attached hydrogens (tertiary/aromatic N) is 3. The smallest absolute Gasteiger partial charge is 0.465 e. The van der Waals surface area contributed by atoms with Gasteiger partial charge in [0, 0.05) is 13.5 Å². The standard InChI is InChI=1S/C28H39BN4O7/c1-17(2)22(32(7)25(35)36)24(34)33-16-28(37-12-13-38-28)14-21(33)23-30-15-20(31-23)18-8-10-19(11-9-18)29-39-26(3,4)27(5,6)40-29/h8-11,15,17,21-22H,12-14,16H2,1-7H3,(H,30,31)(H,35,36)/t21-,22-/m0/s1. The number of likely N-dealkylation sites (tertiary alicyclic amines) is 1. The van der Waals surface area contributed by atoms with E-state index in [2.05, 4.69) is 9.97 Å². The zero-order chi connectivity index (χ0) is 29.0. The third-order valence-corrected chi connectivity index (χ3v) is 8.65. The van der Waals surface area contributed by atoms with Crippen LogP contribution < -0.4 is 5.46 Å². The maximum atomic E-state index is 13.8. The van der Waals surface area contributed by atoms with Crippen LogP contribution in [-0.4, -0.2) is 93.8 Å². The second-order valence-electron chi connectivity index (χ2n) is 12.3. The first-order chi connectivity index (χ1) is 18.7. The third kappa shape index (κ3) is 5.02. The van der Waals surface area contributed by atoms with E-state index in [1.54, 1.807) is 11.1 Å². The van der Waals surface area contributed by atoms with E-state index in [4.69, 9.17) is 18.8 Å². The summed E-state index contributed by atoms with van der Waals surface area (Å²) < 4.78 is 24.2. The Morgan fingerprint density at radius 1 is 1.10 bits per heavy atom. The monoisotopic (exact) mass is 554 g/mol. The Hall–Kier alpha value is -2.93. The van der Waals surface area contributed by atoms with Crippen molar-refractivity contribution in [2.24, 2.45) is 5.92 Å². The number of aromatic nitrogens is 2. The Morgan fingerprint density at radius 2 is 1.70 bits per heavy atom. The first-order valence-corrected chi connectivity index (χ1v) is 13.8. The lowest BCUT2D eigenvalue weighted by atomic mass is 9.79. The minimum Gasteiger partial charge on any atom is -0.465 e. The van der Waals surface area contributed by atoms with Gasteiger partial charge in [0.25, 0.3) is 0 Å². The summed E-state index contributed by atoms with van der Waals surface area (Å²) in [6, 6.07) is 6.61. The highest BCUT2D eigenvalue weighted by Crippen LogP contribution is 2.43. The van der Waals surface area contributed by atoms with Crippen LogP contribution in [-0.2, 0) is 23.6 Å². The first-order valence-electron chi connectivity index (χ1n) is 13.8. The van der Waals surface area contributed by atoms with Crippen molar-refractivity contribution >= 4 is 24.6 Å². The lowest BCUT2D eigenvalue weighted by molar-refractivity contribution is -0.155. The minimum absolute atomic E-state index is 0.200. The predicted octanol–water partition coefficient (Wildman–Crippen LogP) is 3.03. The van der Waals surface area contributed by atoms with Crippen molar-refractivity contribution in [1.29, 1.82) is 0 Å². The number of aromatic amines is 1. The molecule has 0 unspecified atom stereocenters. The van der Waals surface area contributed by atoms with Crippen molar-refractivity contribution in [1.82, 2.24) is 19.8 Å². The molecule has 0 aliphatic carbocycles. The van der Waals surface area contributed by atoms with E-state index in [-0.39, 0.29) is 18.4 Å². The van der Waals surface area contributed by atoms with Crippen LogP contribution >= 0.6 is 0 Å². The number of amides is 2. The Morgan fingerprint density at radius 3 is 2.25 bits per heavy atom. The summed E-state index contributed by atoms with van der Waals surface area (Å²) in [6.07, 6.45) is 0.982. The van der Waals surface area contributed by atoms with Crippen molar-refractivity contribution in [3.8, 4) is 11.3 Å². The molecule has 0 radical (unpaired) electrons. The van der Waals surface area contributed by atoms with Crippen molar-refractivity contribution in [3.63, 3.8) is 0 Å². The lowest BCUT2D eigenvalue weighted by Crippen LogP contribution is -2.52. The van der Waals surface area contributed by atoms with Crippen LogP contribution in [0.1, 0.15) is 59.8 Å². The number of H-pyrrole nitrogens is 1. The number of likely N-dealkylation sites (N-methyl/N-ethyl adjacent to an activating group) is 1. The second kappa shape index (κ2) is 10.2. The molecule has 0 bridgehead atoms. The second-order valence-corrected chi connectivity index (χ2v) is 12.3. The number of carbonyl (C=O) groups is 2. The van der Waals surface area contributed by atoms with Crippen LogP contribution in [0.25, 0.3) is 11.3 Å². The highest BCUT2D eigenvalue weighted by molar-refractivity contribution is 6.62. The topological polar surface area (TPSA) is 126 Å². The predicted molar refractivity (Wildman–Crippen MR) is 148 cm³/mol. The fourth-order valence-corrected chi connectivity index (χ4v) is 5.66. The Labute approximate surface area is 235 Å². The van der Waals surface area contributed by atoms with E-state index in [1.807, 2.05) is 65.8 Å². The molecule has 3 aliphatic rings. The van der Waals surface area contributed by atoms with E-state index in [0.29, 0.717) is 25.5 Å². The van der Waals surface area contributed by atoms with Gasteiger partial charge in [-0.2, -0.15) is 0 Å². The van der Waals surface area contributed by atoms with Gasteiger partial charge < -0.3 is 33.8 Å². The maximum absolute atomic E-state index is 13.8. The van der Waals surface area contributed by atoms with Crippen LogP contribution in [0.2, 0.25) is 0 Å². The average Bonchev–Trinajstić information content (AvgIpc) is 3.66. The molecule has 11 nitrogen and oxygen atoms in total. The highest BCUT2D eigenvalue weighted by atomic mass is 16.7. The molecule has 3 saturated heterocycles. The molecule has 2 atom stereocenters. The third-order valence-electron chi connectivity index (χ3n) is 8.65. The number of ether oxygens (including phenoxy) is 2. The summed E-state index contributed by atoms with van der Waals surface area (Å²) in [7, 11) is 0.974. The number of nitrogens with one attached hydrogen (secondary N) is 1. The van der Waals surface area contributed by atoms with Gasteiger partial charge in [0.15, 0.2) is 5.79 Å². The van der Waals surface area contributed by atoms with E-state index in [0.717, 1.165) is 21.6 Å². The molecule has 12 heteroatoms. The van der Waals surface area contributed by atoms with Crippen LogP contribution in [0.5, 0.6) is 0 Å². The molecular formula is C28H39BN4O7. The number of hydrogen-bond acceptors (Lipinski definition) is 7. The van der Waals surface area contributed by atoms with Crippen LogP contribution in [0.4, 0.5) is 4.79 Å². The summed E-state index contributed by atoms with van der Waals surface area (Å²) in [5, 5.41) is 9.62. The van der Waals surface area contributed by atoms with Crippen LogP contribution in [0, 0.1) is 5.92 Å². The molecule has 5 rings (SSSR count). The largest absolute Gasteiger partial charge is 0.494 e. The van der Waals surface area contributed by atoms with E-state index in [1.165, 1.54) is 7.05 Å². The van der Waals surface area contributed by atoms with Crippen LogP contribution in [0.15, 0.2) is 30.5 Å². The van der Waals surface area contributed by atoms with Gasteiger partial charge in [0.1, 0.15) is 11.9 Å². The molecule has 2 aromatic rings. The highest BCUT2D eigenvalue weighted by Gasteiger charge is 2.54. The number of benzene rings is 1. The molecule has 216 valence electrons. The maximum Gasteiger partial charge on any atom is 0.494 e. The van der Waals surface area contributed by atoms with Gasteiger partial charge in [-0.3, -0.25) is 9.69 Å². The summed E-state index contributed by atoms with van der Waals surface area (Å²) in [5.74, 6) is -0.868. The van der Waals surface area contributed by atoms with Gasteiger partial charge in [-0.15, -0.1) is 0 Å². The number of rotatable bonds is 6. The van der Waals surface area contributed by atoms with E-state index < -0.39 is 42.3 Å². The van der Waals surface area contributed by atoms with Crippen molar-refractivity contribution in [3.05, 3.63) is 36.3 Å². The molecule has 2 amide bonds. The number of carboxylic acid groups (broad SMARTS) is 1. The summed E-state index contributed by atoms with van der Waals surface area (Å²) in [6.45, 7) is 12.9. The molecule has 4 heterocycles. The molecule has 3 aliphatic heterocycles. The molecule has 1 aromatic carbocycles. The number of carbonyl (C=O) groups excluding carboxylic acids is 1. The quantitative estimate of drug-likeness (QED) is 0.522. The molecule has 0 saturated carbocycles. The molecule has 1 spiro atoms. The van der Waals surface area contributed by atoms with Gasteiger partial charge in [-0.1, -0.05) is 38.1 Å². The van der Waals surface area contributed by atoms with Gasteiger partial charge >= 0.3 is 13.2 Å². The molecule has 2 N–H and O–H groups in total. The zero-order valence-electron chi connectivity index (χ0n) is 24.3. The summed E-state index contributed by atoms with van der Waals surface area (Å²) in [5.41, 5.74) is 1.80. The average molecular weight is 554 g/mol. The van der Waals surface area contributed by atoms with Crippen LogP contribution in [0.3, 0.4) is 0 Å². The summed E-state index contributed by atoms with van der Waals surface area (Å²) in [4.78, 5) is 36.4. The molecule has 1 aromatic heterocycles. The van der Waals surface area contributed by atoms with Crippen molar-refractivity contribution in [2.75, 3.05) is 26.8 Å². The first kappa shape index (κ1) is 28.6. The van der Waals surface area contributed by atoms with Crippen molar-refractivity contribution < 1.29 is 33.5 Å². The summed E-state index contributed by atoms with van der Waals surface area (Å²) >= 11 is 0. The minimum atomic E-state index is -1.16. The SMILES string of the molecule is CC(C)[C@@H](C(=O)N1CC2(C[C@H]1c1ncc(-c3ccc(B4OC(C)(C)C(C)(C)O4)cc3)[nH]1)OCCO2)N(C)C(=O)O. The van der Waals surface area contributed by atoms with E-state index in [9.17, 15) is 14.7 Å². The fourth-order valence-electron chi connectivity index (χ4n) is 5.66. The van der Waals surface area contributed by atoms with Gasteiger partial charge in [0.05, 0.1) is 48.9 Å². The number of hydrogen-bond donors (Lipinski definition) is 2. The zero-order valence-corrected chi connectivity index (χ0v) is 24.3. The van der Waals surface area contributed by atoms with Gasteiger partial charge in [-0.05, 0) is 44.6 Å². The Balaban J connectivity index is 1.39.